The number of rotatable bonds is 6. The van der Waals surface area contributed by atoms with E-state index < -0.39 is 0 Å². The van der Waals surface area contributed by atoms with Crippen LogP contribution in [0.4, 0.5) is 5.69 Å². The van der Waals surface area contributed by atoms with Crippen molar-refractivity contribution in [3.8, 4) is 5.75 Å². The number of amides is 2. The molecule has 0 spiro atoms. The molecule has 1 aliphatic heterocycles. The van der Waals surface area contributed by atoms with E-state index in [0.717, 1.165) is 35.4 Å². The van der Waals surface area contributed by atoms with Gasteiger partial charge in [-0.25, -0.2) is 0 Å². The number of piperidine rings is 1. The van der Waals surface area contributed by atoms with Gasteiger partial charge in [0, 0.05) is 30.4 Å². The molecule has 2 aromatic carbocycles. The number of nitrogens with zero attached hydrogens (tertiary/aromatic N) is 2. The van der Waals surface area contributed by atoms with Gasteiger partial charge in [-0.05, 0) is 88.8 Å². The predicted molar refractivity (Wildman–Crippen MR) is 127 cm³/mol. The minimum absolute atomic E-state index is 0.0283. The van der Waals surface area contributed by atoms with Crippen molar-refractivity contribution < 1.29 is 14.3 Å². The second-order valence-electron chi connectivity index (χ2n) is 9.45. The Kier molecular flexibility index (Phi) is 6.54. The highest BCUT2D eigenvalue weighted by molar-refractivity contribution is 5.98. The van der Waals surface area contributed by atoms with Crippen LogP contribution in [0.2, 0.25) is 0 Å². The molecule has 1 saturated carbocycles. The van der Waals surface area contributed by atoms with Crippen molar-refractivity contribution in [3.63, 3.8) is 0 Å². The maximum Gasteiger partial charge on any atom is 0.253 e. The highest BCUT2D eigenvalue weighted by atomic mass is 16.5. The first-order valence-electron chi connectivity index (χ1n) is 11.7. The Morgan fingerprint density at radius 2 is 1.69 bits per heavy atom. The SMILES string of the molecule is COc1ccc(N(C(=O)C2CCCN(C(=O)c3cc(C)cc(C)c3)C2)C(C)C2CC2)cc1. The van der Waals surface area contributed by atoms with Crippen molar-refractivity contribution in [1.82, 2.24) is 4.90 Å². The third kappa shape index (κ3) is 4.82. The lowest BCUT2D eigenvalue weighted by molar-refractivity contribution is -0.124. The van der Waals surface area contributed by atoms with Crippen LogP contribution in [0.1, 0.15) is 54.1 Å². The van der Waals surface area contributed by atoms with Crippen LogP contribution in [0, 0.1) is 25.7 Å². The average molecular weight is 435 g/mol. The molecule has 5 nitrogen and oxygen atoms in total. The Morgan fingerprint density at radius 1 is 1.03 bits per heavy atom. The summed E-state index contributed by atoms with van der Waals surface area (Å²) in [6, 6.07) is 13.9. The zero-order valence-corrected chi connectivity index (χ0v) is 19.6. The van der Waals surface area contributed by atoms with Gasteiger partial charge in [0.15, 0.2) is 0 Å². The normalized spacial score (nSPS) is 19.4. The summed E-state index contributed by atoms with van der Waals surface area (Å²) in [7, 11) is 1.65. The summed E-state index contributed by atoms with van der Waals surface area (Å²) in [5.74, 6) is 1.32. The monoisotopic (exact) mass is 434 g/mol. The second kappa shape index (κ2) is 9.35. The quantitative estimate of drug-likeness (QED) is 0.643. The fourth-order valence-electron chi connectivity index (χ4n) is 4.94. The van der Waals surface area contributed by atoms with E-state index in [2.05, 4.69) is 13.0 Å². The Bertz CT molecular complexity index is 961. The first kappa shape index (κ1) is 22.4. The highest BCUT2D eigenvalue weighted by Crippen LogP contribution is 2.38. The maximum absolute atomic E-state index is 13.8. The molecule has 1 saturated heterocycles. The Morgan fingerprint density at radius 3 is 2.28 bits per heavy atom. The van der Waals surface area contributed by atoms with E-state index in [0.29, 0.717) is 24.6 Å². The number of anilines is 1. The van der Waals surface area contributed by atoms with E-state index in [1.165, 1.54) is 12.8 Å². The number of carbonyl (C=O) groups is 2. The van der Waals surface area contributed by atoms with Gasteiger partial charge in [0.1, 0.15) is 5.75 Å². The third-order valence-electron chi connectivity index (χ3n) is 6.83. The molecule has 2 unspecified atom stereocenters. The molecule has 2 fully saturated rings. The van der Waals surface area contributed by atoms with Gasteiger partial charge < -0.3 is 14.5 Å². The maximum atomic E-state index is 13.8. The molecule has 32 heavy (non-hydrogen) atoms. The molecule has 0 aromatic heterocycles. The number of carbonyl (C=O) groups excluding carboxylic acids is 2. The van der Waals surface area contributed by atoms with E-state index in [-0.39, 0.29) is 23.8 Å². The predicted octanol–water partition coefficient (Wildman–Crippen LogP) is 5.00. The number of likely N-dealkylation sites (tertiary alicyclic amines) is 1. The van der Waals surface area contributed by atoms with Crippen molar-refractivity contribution in [1.29, 1.82) is 0 Å². The first-order chi connectivity index (χ1) is 15.4. The van der Waals surface area contributed by atoms with Gasteiger partial charge in [-0.1, -0.05) is 17.2 Å². The fraction of sp³-hybridized carbons (Fsp3) is 0.481. The van der Waals surface area contributed by atoms with Crippen molar-refractivity contribution in [2.75, 3.05) is 25.1 Å². The molecule has 1 aliphatic carbocycles. The van der Waals surface area contributed by atoms with Crippen LogP contribution in [-0.4, -0.2) is 43.0 Å². The number of benzene rings is 2. The van der Waals surface area contributed by atoms with Crippen LogP contribution >= 0.6 is 0 Å². The van der Waals surface area contributed by atoms with Crippen molar-refractivity contribution >= 4 is 17.5 Å². The molecule has 1 heterocycles. The molecule has 0 N–H and O–H groups in total. The van der Waals surface area contributed by atoms with Crippen molar-refractivity contribution in [2.24, 2.45) is 11.8 Å². The van der Waals surface area contributed by atoms with E-state index in [1.54, 1.807) is 7.11 Å². The van der Waals surface area contributed by atoms with Gasteiger partial charge in [0.25, 0.3) is 5.91 Å². The molecule has 5 heteroatoms. The number of methoxy groups -OCH3 is 1. The topological polar surface area (TPSA) is 49.9 Å². The second-order valence-corrected chi connectivity index (χ2v) is 9.45. The van der Waals surface area contributed by atoms with Crippen LogP contribution in [0.15, 0.2) is 42.5 Å². The Hall–Kier alpha value is -2.82. The molecular formula is C27H34N2O3. The lowest BCUT2D eigenvalue weighted by atomic mass is 9.94. The van der Waals surface area contributed by atoms with E-state index in [4.69, 9.17) is 4.74 Å². The standard InChI is InChI=1S/C27H34N2O3/c1-18-14-19(2)16-23(15-18)26(30)28-13-5-6-22(17-28)27(31)29(20(3)21-7-8-21)24-9-11-25(32-4)12-10-24/h9-12,14-16,20-22H,5-8,13,17H2,1-4H3. The van der Waals surface area contributed by atoms with Gasteiger partial charge in [-0.2, -0.15) is 0 Å². The molecule has 4 rings (SSSR count). The summed E-state index contributed by atoms with van der Waals surface area (Å²) < 4.78 is 5.30. The molecule has 0 radical (unpaired) electrons. The largest absolute Gasteiger partial charge is 0.497 e. The summed E-state index contributed by atoms with van der Waals surface area (Å²) in [6.45, 7) is 7.36. The molecule has 2 amide bonds. The van der Waals surface area contributed by atoms with Gasteiger partial charge in [0.05, 0.1) is 13.0 Å². The molecule has 2 atom stereocenters. The smallest absolute Gasteiger partial charge is 0.253 e. The highest BCUT2D eigenvalue weighted by Gasteiger charge is 2.39. The number of aryl methyl sites for hydroxylation is 2. The summed E-state index contributed by atoms with van der Waals surface area (Å²) >= 11 is 0. The van der Waals surface area contributed by atoms with Gasteiger partial charge in [-0.3, -0.25) is 9.59 Å². The van der Waals surface area contributed by atoms with E-state index >= 15 is 0 Å². The fourth-order valence-corrected chi connectivity index (χ4v) is 4.94. The van der Waals surface area contributed by atoms with E-state index in [1.807, 2.05) is 60.0 Å². The van der Waals surface area contributed by atoms with Crippen LogP contribution < -0.4 is 9.64 Å². The van der Waals surface area contributed by atoms with Gasteiger partial charge in [-0.15, -0.1) is 0 Å². The molecular weight excluding hydrogens is 400 g/mol. The van der Waals surface area contributed by atoms with Crippen LogP contribution in [-0.2, 0) is 4.79 Å². The Balaban J connectivity index is 1.54. The summed E-state index contributed by atoms with van der Waals surface area (Å²) in [5, 5.41) is 0. The van der Waals surface area contributed by atoms with Crippen molar-refractivity contribution in [2.45, 2.75) is 52.5 Å². The molecule has 170 valence electrons. The van der Waals surface area contributed by atoms with Crippen LogP contribution in [0.5, 0.6) is 5.75 Å². The van der Waals surface area contributed by atoms with Gasteiger partial charge in [0.2, 0.25) is 5.91 Å². The van der Waals surface area contributed by atoms with Crippen molar-refractivity contribution in [3.05, 3.63) is 59.2 Å². The molecule has 0 bridgehead atoms. The van der Waals surface area contributed by atoms with Crippen LogP contribution in [0.3, 0.4) is 0 Å². The minimum Gasteiger partial charge on any atom is -0.497 e. The van der Waals surface area contributed by atoms with Crippen LogP contribution in [0.25, 0.3) is 0 Å². The molecule has 2 aliphatic rings. The zero-order valence-electron chi connectivity index (χ0n) is 19.6. The molecule has 2 aromatic rings. The average Bonchev–Trinajstić information content (AvgIpc) is 3.64. The Labute approximate surface area is 191 Å². The van der Waals surface area contributed by atoms with Gasteiger partial charge >= 0.3 is 0 Å². The summed E-state index contributed by atoms with van der Waals surface area (Å²) in [5.41, 5.74) is 3.80. The lowest BCUT2D eigenvalue weighted by Gasteiger charge is -2.37. The minimum atomic E-state index is -0.179. The number of hydrogen-bond donors (Lipinski definition) is 0. The first-order valence-corrected chi connectivity index (χ1v) is 11.7. The lowest BCUT2D eigenvalue weighted by Crippen LogP contribution is -2.49. The summed E-state index contributed by atoms with van der Waals surface area (Å²) in [6.07, 6.45) is 4.01. The number of ether oxygens (including phenoxy) is 1. The third-order valence-corrected chi connectivity index (χ3v) is 6.83. The number of hydrogen-bond acceptors (Lipinski definition) is 3. The summed E-state index contributed by atoms with van der Waals surface area (Å²) in [4.78, 5) is 30.9. The van der Waals surface area contributed by atoms with E-state index in [9.17, 15) is 9.59 Å². The zero-order chi connectivity index (χ0) is 22.8.